The molecule has 0 atom stereocenters. The van der Waals surface area contributed by atoms with E-state index in [2.05, 4.69) is 11.4 Å². The number of benzene rings is 1. The molecule has 0 heterocycles. The van der Waals surface area contributed by atoms with Crippen molar-refractivity contribution in [3.63, 3.8) is 0 Å². The fraction of sp³-hybridized carbons (Fsp3) is 0.111. The van der Waals surface area contributed by atoms with E-state index in [0.29, 0.717) is 12.2 Å². The predicted octanol–water partition coefficient (Wildman–Crippen LogP) is 1.86. The van der Waals surface area contributed by atoms with Gasteiger partial charge in [0.05, 0.1) is 0 Å². The van der Waals surface area contributed by atoms with E-state index in [0.717, 1.165) is 11.1 Å². The van der Waals surface area contributed by atoms with Gasteiger partial charge in [-0.2, -0.15) is 0 Å². The van der Waals surface area contributed by atoms with E-state index in [1.807, 2.05) is 24.3 Å². The highest BCUT2D eigenvalue weighted by Gasteiger charge is 1.94. The van der Waals surface area contributed by atoms with Crippen LogP contribution in [-0.4, -0.2) is 0 Å². The largest absolute Gasteiger partial charge is 0.399 e. The van der Waals surface area contributed by atoms with Crippen molar-refractivity contribution in [2.75, 3.05) is 0 Å². The van der Waals surface area contributed by atoms with E-state index >= 15 is 0 Å². The molecule has 0 saturated carbocycles. The fourth-order valence-corrected chi connectivity index (χ4v) is 1.07. The van der Waals surface area contributed by atoms with Gasteiger partial charge in [-0.15, -0.1) is 0 Å². The third kappa shape index (κ3) is 2.26. The summed E-state index contributed by atoms with van der Waals surface area (Å²) in [5, 5.41) is 0. The molecule has 64 valence electrons. The number of nitrogens with two attached hydrogens (primary N) is 1. The topological polar surface area (TPSA) is 38.0 Å². The van der Waals surface area contributed by atoms with Gasteiger partial charge in [0.1, 0.15) is 0 Å². The van der Waals surface area contributed by atoms with Crippen LogP contribution in [0.1, 0.15) is 11.1 Å². The first-order valence-corrected chi connectivity index (χ1v) is 3.99. The first-order valence-electron chi connectivity index (χ1n) is 3.61. The minimum Gasteiger partial charge on any atom is -0.399 e. The van der Waals surface area contributed by atoms with Crippen LogP contribution in [0.15, 0.2) is 30.8 Å². The molecule has 0 spiro atoms. The van der Waals surface area contributed by atoms with Crippen molar-refractivity contribution in [3.8, 4) is 0 Å². The van der Waals surface area contributed by atoms with E-state index in [-0.39, 0.29) is 0 Å². The molecule has 3 heteroatoms. The third-order valence-corrected chi connectivity index (χ3v) is 1.73. The van der Waals surface area contributed by atoms with E-state index in [9.17, 15) is 0 Å². The lowest BCUT2D eigenvalue weighted by atomic mass is 10.1. The zero-order valence-corrected chi connectivity index (χ0v) is 7.43. The number of rotatable bonds is 3. The molecule has 0 unspecified atom stereocenters. The maximum absolute atomic E-state index is 5.50. The van der Waals surface area contributed by atoms with Gasteiger partial charge in [0, 0.05) is 12.2 Å². The second-order valence-corrected chi connectivity index (χ2v) is 2.80. The van der Waals surface area contributed by atoms with E-state index in [1.54, 1.807) is 0 Å². The van der Waals surface area contributed by atoms with Crippen LogP contribution in [0.2, 0.25) is 0 Å². The Hall–Kier alpha value is -0.990. The van der Waals surface area contributed by atoms with Crippen LogP contribution in [0.4, 0.5) is 0 Å². The Morgan fingerprint density at radius 3 is 2.42 bits per heavy atom. The predicted molar refractivity (Wildman–Crippen MR) is 52.4 cm³/mol. The SMILES string of the molecule is C=C(N)c1ccc(CNCl)cc1. The summed E-state index contributed by atoms with van der Waals surface area (Å²) in [4.78, 5) is 2.55. The average molecular weight is 183 g/mol. The Balaban J connectivity index is 2.78. The van der Waals surface area contributed by atoms with Gasteiger partial charge in [-0.25, -0.2) is 4.84 Å². The summed E-state index contributed by atoms with van der Waals surface area (Å²) < 4.78 is 0. The molecular weight excluding hydrogens is 172 g/mol. The van der Waals surface area contributed by atoms with Crippen LogP contribution < -0.4 is 10.6 Å². The van der Waals surface area contributed by atoms with Crippen LogP contribution in [0.3, 0.4) is 0 Å². The van der Waals surface area contributed by atoms with Crippen LogP contribution >= 0.6 is 11.8 Å². The summed E-state index contributed by atoms with van der Waals surface area (Å²) in [5.41, 5.74) is 8.16. The van der Waals surface area contributed by atoms with Crippen molar-refractivity contribution in [2.24, 2.45) is 5.73 Å². The molecule has 0 fully saturated rings. The standard InChI is InChI=1S/C9H11ClN2/c1-7(11)9-4-2-8(3-5-9)6-12-10/h2-5,12H,1,6,11H2. The smallest absolute Gasteiger partial charge is 0.0359 e. The molecule has 0 bridgehead atoms. The fourth-order valence-electron chi connectivity index (χ4n) is 0.914. The molecular formula is C9H11ClN2. The van der Waals surface area contributed by atoms with Gasteiger partial charge in [0.15, 0.2) is 0 Å². The Bertz CT molecular complexity index is 266. The molecule has 3 N–H and O–H groups in total. The summed E-state index contributed by atoms with van der Waals surface area (Å²) in [5.74, 6) is 0. The zero-order chi connectivity index (χ0) is 8.97. The Morgan fingerprint density at radius 1 is 1.42 bits per heavy atom. The highest BCUT2D eigenvalue weighted by atomic mass is 35.5. The molecule has 0 saturated heterocycles. The van der Waals surface area contributed by atoms with Gasteiger partial charge in [-0.3, -0.25) is 0 Å². The van der Waals surface area contributed by atoms with E-state index in [4.69, 9.17) is 17.5 Å². The first kappa shape index (κ1) is 9.10. The molecule has 0 aliphatic carbocycles. The van der Waals surface area contributed by atoms with Crippen LogP contribution in [0, 0.1) is 0 Å². The maximum Gasteiger partial charge on any atom is 0.0359 e. The summed E-state index contributed by atoms with van der Waals surface area (Å²) in [7, 11) is 0. The molecule has 0 aliphatic heterocycles. The van der Waals surface area contributed by atoms with Crippen LogP contribution in [-0.2, 0) is 6.54 Å². The van der Waals surface area contributed by atoms with Crippen molar-refractivity contribution in [1.82, 2.24) is 4.84 Å². The van der Waals surface area contributed by atoms with Gasteiger partial charge >= 0.3 is 0 Å². The highest BCUT2D eigenvalue weighted by Crippen LogP contribution is 2.08. The molecule has 1 aromatic carbocycles. The molecule has 0 radical (unpaired) electrons. The Labute approximate surface area is 77.1 Å². The minimum atomic E-state index is 0.584. The summed E-state index contributed by atoms with van der Waals surface area (Å²) in [6.45, 7) is 4.29. The molecule has 12 heavy (non-hydrogen) atoms. The lowest BCUT2D eigenvalue weighted by Crippen LogP contribution is -1.99. The maximum atomic E-state index is 5.50. The molecule has 0 aliphatic rings. The van der Waals surface area contributed by atoms with Crippen molar-refractivity contribution in [3.05, 3.63) is 42.0 Å². The van der Waals surface area contributed by atoms with Crippen LogP contribution in [0.5, 0.6) is 0 Å². The van der Waals surface area contributed by atoms with Crippen LogP contribution in [0.25, 0.3) is 5.70 Å². The number of nitrogens with one attached hydrogen (secondary N) is 1. The number of halogens is 1. The van der Waals surface area contributed by atoms with Crippen molar-refractivity contribution < 1.29 is 0 Å². The normalized spacial score (nSPS) is 9.75. The Kier molecular flexibility index (Phi) is 3.14. The van der Waals surface area contributed by atoms with Crippen molar-refractivity contribution >= 4 is 17.5 Å². The lowest BCUT2D eigenvalue weighted by Gasteiger charge is -2.01. The monoisotopic (exact) mass is 182 g/mol. The summed E-state index contributed by atoms with van der Waals surface area (Å²) >= 11 is 5.35. The first-order chi connectivity index (χ1) is 5.74. The van der Waals surface area contributed by atoms with Gasteiger partial charge in [0.25, 0.3) is 0 Å². The van der Waals surface area contributed by atoms with Gasteiger partial charge in [-0.05, 0) is 22.9 Å². The Morgan fingerprint density at radius 2 is 2.00 bits per heavy atom. The van der Waals surface area contributed by atoms with E-state index in [1.165, 1.54) is 0 Å². The number of hydrogen-bond donors (Lipinski definition) is 2. The summed E-state index contributed by atoms with van der Waals surface area (Å²) in [6, 6.07) is 7.77. The quantitative estimate of drug-likeness (QED) is 0.701. The second-order valence-electron chi connectivity index (χ2n) is 2.53. The van der Waals surface area contributed by atoms with Crippen molar-refractivity contribution in [2.45, 2.75) is 6.54 Å². The van der Waals surface area contributed by atoms with Gasteiger partial charge < -0.3 is 5.73 Å². The second kappa shape index (κ2) is 4.14. The number of hydrogen-bond acceptors (Lipinski definition) is 2. The van der Waals surface area contributed by atoms with Crippen molar-refractivity contribution in [1.29, 1.82) is 0 Å². The molecule has 1 aromatic rings. The van der Waals surface area contributed by atoms with E-state index < -0.39 is 0 Å². The zero-order valence-electron chi connectivity index (χ0n) is 6.68. The summed E-state index contributed by atoms with van der Waals surface area (Å²) in [6.07, 6.45) is 0. The highest BCUT2D eigenvalue weighted by molar-refractivity contribution is 6.13. The third-order valence-electron chi connectivity index (χ3n) is 1.60. The van der Waals surface area contributed by atoms with Gasteiger partial charge in [-0.1, -0.05) is 30.8 Å². The molecule has 0 aromatic heterocycles. The molecule has 1 rings (SSSR count). The average Bonchev–Trinajstić information content (AvgIpc) is 2.06. The molecule has 2 nitrogen and oxygen atoms in total. The van der Waals surface area contributed by atoms with Gasteiger partial charge in [0.2, 0.25) is 0 Å². The minimum absolute atomic E-state index is 0.584. The molecule has 0 amide bonds. The lowest BCUT2D eigenvalue weighted by molar-refractivity contribution is 0.963.